The normalized spacial score (nSPS) is 15.4. The van der Waals surface area contributed by atoms with Gasteiger partial charge in [0.25, 0.3) is 5.91 Å². The van der Waals surface area contributed by atoms with E-state index < -0.39 is 5.82 Å². The van der Waals surface area contributed by atoms with Crippen molar-refractivity contribution in [3.05, 3.63) is 59.3 Å². The zero-order chi connectivity index (χ0) is 26.9. The first-order chi connectivity index (χ1) is 17.7. The van der Waals surface area contributed by atoms with Gasteiger partial charge in [-0.25, -0.2) is 9.37 Å². The van der Waals surface area contributed by atoms with Crippen molar-refractivity contribution in [3.8, 4) is 11.3 Å². The average Bonchev–Trinajstić information content (AvgIpc) is 3.20. The molecule has 198 valence electrons. The summed E-state index contributed by atoms with van der Waals surface area (Å²) in [6.45, 7) is 14.7. The maximum Gasteiger partial charge on any atom is 0.254 e. The largest absolute Gasteiger partial charge is 0.336 e. The lowest BCUT2D eigenvalue weighted by Gasteiger charge is -2.46. The summed E-state index contributed by atoms with van der Waals surface area (Å²) in [5.41, 5.74) is 5.01. The summed E-state index contributed by atoms with van der Waals surface area (Å²) in [6.07, 6.45) is 4.25. The van der Waals surface area contributed by atoms with Gasteiger partial charge >= 0.3 is 0 Å². The minimum absolute atomic E-state index is 0.00420. The van der Waals surface area contributed by atoms with E-state index >= 15 is 0 Å². The lowest BCUT2D eigenvalue weighted by Crippen LogP contribution is -2.52. The predicted octanol–water partition coefficient (Wildman–Crippen LogP) is 5.72. The monoisotopic (exact) mass is 506 g/mol. The number of hydrogen-bond donors (Lipinski definition) is 0. The Morgan fingerprint density at radius 1 is 1.19 bits per heavy atom. The second-order valence-electron chi connectivity index (χ2n) is 10.8. The van der Waals surface area contributed by atoms with E-state index in [-0.39, 0.29) is 11.9 Å². The van der Waals surface area contributed by atoms with Gasteiger partial charge in [0.2, 0.25) is 0 Å². The third kappa shape index (κ3) is 5.33. The van der Waals surface area contributed by atoms with E-state index in [4.69, 9.17) is 0 Å². The molecule has 0 bridgehead atoms. The smallest absolute Gasteiger partial charge is 0.254 e. The number of hydrogen-bond acceptors (Lipinski definition) is 4. The number of fused-ring (bicyclic) bond motifs is 1. The van der Waals surface area contributed by atoms with Gasteiger partial charge in [-0.2, -0.15) is 0 Å². The van der Waals surface area contributed by atoms with Crippen LogP contribution in [0.25, 0.3) is 16.8 Å². The number of likely N-dealkylation sites (tertiary alicyclic amines) is 1. The number of carbonyl (C=O) groups excluding carboxylic acids is 2. The number of aryl methyl sites for hydroxylation is 1. The molecule has 0 spiro atoms. The second kappa shape index (κ2) is 11.1. The van der Waals surface area contributed by atoms with Crippen molar-refractivity contribution in [1.29, 1.82) is 0 Å². The number of carbonyl (C=O) groups is 2. The van der Waals surface area contributed by atoms with Gasteiger partial charge in [0.15, 0.2) is 0 Å². The van der Waals surface area contributed by atoms with E-state index in [1.807, 2.05) is 32.1 Å². The van der Waals surface area contributed by atoms with Crippen molar-refractivity contribution in [2.75, 3.05) is 19.6 Å². The van der Waals surface area contributed by atoms with Crippen molar-refractivity contribution < 1.29 is 14.0 Å². The van der Waals surface area contributed by atoms with E-state index in [9.17, 15) is 14.0 Å². The summed E-state index contributed by atoms with van der Waals surface area (Å²) in [4.78, 5) is 33.3. The van der Waals surface area contributed by atoms with Crippen molar-refractivity contribution in [2.24, 2.45) is 5.92 Å². The lowest BCUT2D eigenvalue weighted by atomic mass is 9.85. The van der Waals surface area contributed by atoms with Crippen LogP contribution in [0.2, 0.25) is 0 Å². The summed E-state index contributed by atoms with van der Waals surface area (Å²) in [7, 11) is 0. The fourth-order valence-corrected chi connectivity index (χ4v) is 5.67. The third-order valence-corrected chi connectivity index (χ3v) is 7.78. The zero-order valence-corrected chi connectivity index (χ0v) is 22.9. The number of benzene rings is 1. The Hall–Kier alpha value is -3.06. The number of aromatic nitrogens is 2. The molecule has 1 atom stereocenters. The molecule has 1 unspecified atom stereocenters. The van der Waals surface area contributed by atoms with Crippen molar-refractivity contribution in [3.63, 3.8) is 0 Å². The Morgan fingerprint density at radius 2 is 1.92 bits per heavy atom. The topological polar surface area (TPSA) is 57.9 Å². The number of imidazole rings is 1. The molecular formula is C30H39FN4O2. The molecule has 1 aliphatic heterocycles. The molecule has 6 nitrogen and oxygen atoms in total. The van der Waals surface area contributed by atoms with Gasteiger partial charge in [0.05, 0.1) is 28.8 Å². The predicted molar refractivity (Wildman–Crippen MR) is 145 cm³/mol. The SMILES string of the molecule is CCN(C(=O)c1cc(F)ccc1-c1cc(C2CN(C(CCC=O)C(C)C)C2)cc2c(C)ncn12)C(C)C. The minimum Gasteiger partial charge on any atom is -0.336 e. The highest BCUT2D eigenvalue weighted by Crippen LogP contribution is 2.36. The highest BCUT2D eigenvalue weighted by atomic mass is 19.1. The van der Waals surface area contributed by atoms with Crippen LogP contribution in [-0.4, -0.2) is 63.1 Å². The summed E-state index contributed by atoms with van der Waals surface area (Å²) in [6, 6.07) is 9.22. The molecule has 1 fully saturated rings. The van der Waals surface area contributed by atoms with Crippen LogP contribution in [0.5, 0.6) is 0 Å². The number of aldehydes is 1. The Kier molecular flexibility index (Phi) is 8.12. The van der Waals surface area contributed by atoms with Crippen LogP contribution in [-0.2, 0) is 4.79 Å². The molecule has 3 aromatic rings. The number of nitrogens with zero attached hydrogens (tertiary/aromatic N) is 4. The van der Waals surface area contributed by atoms with E-state index in [0.717, 1.165) is 42.7 Å². The number of amides is 1. The van der Waals surface area contributed by atoms with Gasteiger partial charge in [0.1, 0.15) is 12.1 Å². The lowest BCUT2D eigenvalue weighted by molar-refractivity contribution is -0.108. The van der Waals surface area contributed by atoms with Crippen LogP contribution in [0.1, 0.15) is 75.0 Å². The van der Waals surface area contributed by atoms with Crippen molar-refractivity contribution in [2.45, 2.75) is 72.4 Å². The average molecular weight is 507 g/mol. The molecule has 1 amide bonds. The summed E-state index contributed by atoms with van der Waals surface area (Å²) < 4.78 is 16.4. The van der Waals surface area contributed by atoms with E-state index in [1.165, 1.54) is 17.7 Å². The maximum atomic E-state index is 14.4. The number of rotatable bonds is 10. The van der Waals surface area contributed by atoms with Gasteiger partial charge < -0.3 is 9.69 Å². The molecule has 2 aromatic heterocycles. The van der Waals surface area contributed by atoms with Crippen LogP contribution < -0.4 is 0 Å². The Labute approximate surface area is 219 Å². The van der Waals surface area contributed by atoms with Crippen LogP contribution in [0.15, 0.2) is 36.7 Å². The third-order valence-electron chi connectivity index (χ3n) is 7.78. The molecular weight excluding hydrogens is 467 g/mol. The maximum absolute atomic E-state index is 14.4. The number of pyridine rings is 1. The Bertz CT molecular complexity index is 1280. The van der Waals surface area contributed by atoms with Gasteiger partial charge in [-0.15, -0.1) is 0 Å². The fraction of sp³-hybridized carbons (Fsp3) is 0.500. The highest BCUT2D eigenvalue weighted by Gasteiger charge is 2.35. The van der Waals surface area contributed by atoms with Crippen LogP contribution >= 0.6 is 0 Å². The Balaban J connectivity index is 1.75. The van der Waals surface area contributed by atoms with E-state index in [1.54, 1.807) is 17.3 Å². The second-order valence-corrected chi connectivity index (χ2v) is 10.8. The quantitative estimate of drug-likeness (QED) is 0.330. The first-order valence-electron chi connectivity index (χ1n) is 13.4. The molecule has 7 heteroatoms. The molecule has 0 aliphatic carbocycles. The van der Waals surface area contributed by atoms with E-state index in [2.05, 4.69) is 35.9 Å². The van der Waals surface area contributed by atoms with Gasteiger partial charge in [-0.3, -0.25) is 14.1 Å². The van der Waals surface area contributed by atoms with Gasteiger partial charge in [-0.05, 0) is 75.9 Å². The van der Waals surface area contributed by atoms with Crippen molar-refractivity contribution >= 4 is 17.7 Å². The zero-order valence-electron chi connectivity index (χ0n) is 22.9. The number of halogens is 1. The molecule has 3 heterocycles. The standard InChI is InChI=1S/C30H39FN4O2/c1-7-34(20(4)5)30(37)26-15-24(31)10-11-25(26)29-14-22(13-28-21(6)32-18-35(28)29)23-16-33(17-23)27(19(2)3)9-8-12-36/h10-15,18-20,23,27H,7-9,16-17H2,1-6H3. The highest BCUT2D eigenvalue weighted by molar-refractivity contribution is 6.01. The minimum atomic E-state index is -0.425. The molecule has 1 aliphatic rings. The molecule has 0 N–H and O–H groups in total. The van der Waals surface area contributed by atoms with Crippen molar-refractivity contribution in [1.82, 2.24) is 19.2 Å². The molecule has 37 heavy (non-hydrogen) atoms. The summed E-state index contributed by atoms with van der Waals surface area (Å²) in [5.74, 6) is 0.224. The molecule has 1 saturated heterocycles. The first-order valence-corrected chi connectivity index (χ1v) is 13.4. The molecule has 1 aromatic carbocycles. The van der Waals surface area contributed by atoms with Crippen LogP contribution in [0.4, 0.5) is 4.39 Å². The molecule has 0 radical (unpaired) electrons. The first kappa shape index (κ1) is 27.0. The molecule has 0 saturated carbocycles. The Morgan fingerprint density at radius 3 is 2.54 bits per heavy atom. The fourth-order valence-electron chi connectivity index (χ4n) is 5.67. The molecule has 4 rings (SSSR count). The van der Waals surface area contributed by atoms with Gasteiger partial charge in [0, 0.05) is 49.6 Å². The van der Waals surface area contributed by atoms with Crippen LogP contribution in [0, 0.1) is 18.7 Å². The van der Waals surface area contributed by atoms with Gasteiger partial charge in [-0.1, -0.05) is 13.8 Å². The summed E-state index contributed by atoms with van der Waals surface area (Å²) >= 11 is 0. The van der Waals surface area contributed by atoms with Crippen LogP contribution in [0.3, 0.4) is 0 Å². The van der Waals surface area contributed by atoms with E-state index in [0.29, 0.717) is 42.0 Å². The summed E-state index contributed by atoms with van der Waals surface area (Å²) in [5, 5.41) is 0.